The van der Waals surface area contributed by atoms with Gasteiger partial charge in [-0.3, -0.25) is 9.59 Å². The van der Waals surface area contributed by atoms with E-state index < -0.39 is 24.0 Å². The number of hydrogen-bond acceptors (Lipinski definition) is 8. The van der Waals surface area contributed by atoms with Crippen molar-refractivity contribution in [2.45, 2.75) is 37.8 Å². The smallest absolute Gasteiger partial charge is 0.326 e. The number of carbonyl (C=O) groups excluding carboxylic acids is 2. The third-order valence-corrected chi connectivity index (χ3v) is 3.97. The van der Waals surface area contributed by atoms with Gasteiger partial charge in [0.1, 0.15) is 12.1 Å². The molecular formula is C18H28N8O6. The van der Waals surface area contributed by atoms with E-state index in [1.165, 1.54) is 25.0 Å². The van der Waals surface area contributed by atoms with E-state index in [9.17, 15) is 19.2 Å². The number of hydrogen-bond donors (Lipinski definition) is 8. The molecule has 2 amide bonds. The van der Waals surface area contributed by atoms with E-state index in [1.807, 2.05) is 0 Å². The van der Waals surface area contributed by atoms with Crippen molar-refractivity contribution in [2.24, 2.45) is 11.5 Å². The summed E-state index contributed by atoms with van der Waals surface area (Å²) in [5.41, 5.74) is 11.7. The monoisotopic (exact) mass is 452 g/mol. The summed E-state index contributed by atoms with van der Waals surface area (Å²) in [5, 5.41) is 22.6. The molecular weight excluding hydrogens is 424 g/mol. The van der Waals surface area contributed by atoms with Crippen LogP contribution < -0.4 is 22.1 Å². The van der Waals surface area contributed by atoms with Crippen LogP contribution in [0.5, 0.6) is 0 Å². The summed E-state index contributed by atoms with van der Waals surface area (Å²) in [4.78, 5) is 57.3. The minimum atomic E-state index is -1.08. The Kier molecular flexibility index (Phi) is 11.7. The number of imidazole rings is 2. The van der Waals surface area contributed by atoms with Crippen LogP contribution in [0.2, 0.25) is 0 Å². The molecule has 0 radical (unpaired) electrons. The summed E-state index contributed by atoms with van der Waals surface area (Å²) >= 11 is 0. The first-order valence-corrected chi connectivity index (χ1v) is 9.65. The Morgan fingerprint density at radius 2 is 1.19 bits per heavy atom. The summed E-state index contributed by atoms with van der Waals surface area (Å²) < 4.78 is 0. The molecule has 0 aliphatic carbocycles. The maximum Gasteiger partial charge on any atom is 0.326 e. The molecule has 2 aromatic heterocycles. The number of nitrogens with two attached hydrogens (primary N) is 2. The maximum absolute atomic E-state index is 11.2. The van der Waals surface area contributed by atoms with Crippen LogP contribution in [0.3, 0.4) is 0 Å². The van der Waals surface area contributed by atoms with E-state index in [1.54, 1.807) is 0 Å². The van der Waals surface area contributed by atoms with Gasteiger partial charge in [0.05, 0.1) is 12.7 Å². The second-order valence-corrected chi connectivity index (χ2v) is 6.56. The Bertz CT molecular complexity index is 770. The molecule has 176 valence electrons. The minimum Gasteiger partial charge on any atom is -0.480 e. The van der Waals surface area contributed by atoms with E-state index in [4.69, 9.17) is 21.7 Å². The molecule has 2 atom stereocenters. The van der Waals surface area contributed by atoms with Crippen LogP contribution in [-0.2, 0) is 32.0 Å². The Morgan fingerprint density at radius 3 is 1.44 bits per heavy atom. The lowest BCUT2D eigenvalue weighted by Crippen LogP contribution is -2.42. The molecule has 2 unspecified atom stereocenters. The lowest BCUT2D eigenvalue weighted by Gasteiger charge is -2.13. The third-order valence-electron chi connectivity index (χ3n) is 3.97. The fourth-order valence-electron chi connectivity index (χ4n) is 2.43. The highest BCUT2D eigenvalue weighted by Crippen LogP contribution is 2.00. The molecule has 14 nitrogen and oxygen atoms in total. The number of rotatable bonds is 12. The van der Waals surface area contributed by atoms with Gasteiger partial charge in [0.25, 0.3) is 0 Å². The van der Waals surface area contributed by atoms with Gasteiger partial charge in [-0.05, 0) is 0 Å². The van der Waals surface area contributed by atoms with Gasteiger partial charge >= 0.3 is 11.9 Å². The average Bonchev–Trinajstić information content (AvgIpc) is 3.42. The molecule has 0 aliphatic heterocycles. The quantitative estimate of drug-likeness (QED) is 0.172. The topological polar surface area (TPSA) is 242 Å². The maximum atomic E-state index is 11.2. The molecule has 0 aliphatic rings. The number of aromatic nitrogens is 4. The predicted octanol–water partition coefficient (Wildman–Crippen LogP) is -2.26. The second-order valence-electron chi connectivity index (χ2n) is 6.56. The molecule has 2 rings (SSSR count). The Morgan fingerprint density at radius 1 is 0.812 bits per heavy atom. The van der Waals surface area contributed by atoms with Gasteiger partial charge < -0.3 is 42.3 Å². The first-order valence-electron chi connectivity index (χ1n) is 9.65. The fourth-order valence-corrected chi connectivity index (χ4v) is 2.43. The van der Waals surface area contributed by atoms with Crippen molar-refractivity contribution in [1.82, 2.24) is 30.6 Å². The summed E-state index contributed by atoms with van der Waals surface area (Å²) in [6.45, 7) is 0.393. The minimum absolute atomic E-state index is 0.118. The molecule has 14 heteroatoms. The molecule has 2 aromatic rings. The van der Waals surface area contributed by atoms with Crippen molar-refractivity contribution >= 4 is 23.8 Å². The molecule has 0 bridgehead atoms. The molecule has 0 aromatic carbocycles. The summed E-state index contributed by atoms with van der Waals surface area (Å²) in [5.74, 6) is -2.90. The van der Waals surface area contributed by atoms with Crippen LogP contribution in [0.4, 0.5) is 0 Å². The van der Waals surface area contributed by atoms with Crippen molar-refractivity contribution in [3.05, 3.63) is 36.4 Å². The highest BCUT2D eigenvalue weighted by molar-refractivity contribution is 5.84. The highest BCUT2D eigenvalue weighted by atomic mass is 16.4. The van der Waals surface area contributed by atoms with E-state index >= 15 is 0 Å². The summed E-state index contributed by atoms with van der Waals surface area (Å²) in [6.07, 6.45) is 6.53. The SMILES string of the molecule is NCCC(=O)NC(Cc1cnc[nH]1)C(=O)O.NCCC(=O)NC(Cc1cnc[nH]1)C(=O)O. The number of carboxylic acid groups (broad SMARTS) is 2. The molecule has 2 heterocycles. The van der Waals surface area contributed by atoms with E-state index in [-0.39, 0.29) is 50.6 Å². The zero-order valence-corrected chi connectivity index (χ0v) is 17.3. The van der Waals surface area contributed by atoms with Gasteiger partial charge in [-0.2, -0.15) is 0 Å². The fraction of sp³-hybridized carbons (Fsp3) is 0.444. The van der Waals surface area contributed by atoms with E-state index in [0.29, 0.717) is 11.4 Å². The number of carboxylic acids is 2. The molecule has 0 spiro atoms. The standard InChI is InChI=1S/2C9H14N4O3/c2*10-2-1-8(14)13-7(9(15)16)3-6-4-11-5-12-6/h2*4-5,7H,1-3,10H2,(H,11,12)(H,13,14)(H,15,16). The molecule has 0 saturated carbocycles. The van der Waals surface area contributed by atoms with Gasteiger partial charge in [-0.1, -0.05) is 0 Å². The zero-order valence-electron chi connectivity index (χ0n) is 17.3. The van der Waals surface area contributed by atoms with Crippen molar-refractivity contribution in [3.63, 3.8) is 0 Å². The van der Waals surface area contributed by atoms with Gasteiger partial charge in [-0.15, -0.1) is 0 Å². The first kappa shape index (κ1) is 26.3. The summed E-state index contributed by atoms with van der Waals surface area (Å²) in [6, 6.07) is -1.92. The van der Waals surface area contributed by atoms with E-state index in [2.05, 4.69) is 30.6 Å². The third kappa shape index (κ3) is 10.3. The number of nitrogens with one attached hydrogen (secondary N) is 4. The number of carbonyl (C=O) groups is 4. The van der Waals surface area contributed by atoms with Crippen molar-refractivity contribution in [3.8, 4) is 0 Å². The lowest BCUT2D eigenvalue weighted by atomic mass is 10.1. The van der Waals surface area contributed by atoms with Gasteiger partial charge in [-0.25, -0.2) is 19.6 Å². The Labute approximate surface area is 183 Å². The number of amides is 2. The van der Waals surface area contributed by atoms with Crippen LogP contribution in [0.25, 0.3) is 0 Å². The molecule has 0 fully saturated rings. The predicted molar refractivity (Wildman–Crippen MR) is 111 cm³/mol. The molecule has 0 saturated heterocycles. The van der Waals surface area contributed by atoms with Crippen LogP contribution in [-0.4, -0.2) is 79.1 Å². The van der Waals surface area contributed by atoms with Crippen LogP contribution in [0.15, 0.2) is 25.0 Å². The molecule has 32 heavy (non-hydrogen) atoms. The average molecular weight is 452 g/mol. The lowest BCUT2D eigenvalue weighted by molar-refractivity contribution is -0.142. The van der Waals surface area contributed by atoms with Crippen LogP contribution >= 0.6 is 0 Å². The van der Waals surface area contributed by atoms with Gasteiger partial charge in [0.2, 0.25) is 11.8 Å². The number of H-pyrrole nitrogens is 2. The van der Waals surface area contributed by atoms with Crippen molar-refractivity contribution in [2.75, 3.05) is 13.1 Å². The normalized spacial score (nSPS) is 12.1. The van der Waals surface area contributed by atoms with E-state index in [0.717, 1.165) is 0 Å². The number of aliphatic carboxylic acids is 2. The second kappa shape index (κ2) is 14.3. The Hall–Kier alpha value is -3.78. The number of aromatic amines is 2. The van der Waals surface area contributed by atoms with Gasteiger partial charge in [0.15, 0.2) is 0 Å². The summed E-state index contributed by atoms with van der Waals surface area (Å²) in [7, 11) is 0. The highest BCUT2D eigenvalue weighted by Gasteiger charge is 2.21. The van der Waals surface area contributed by atoms with Crippen molar-refractivity contribution < 1.29 is 29.4 Å². The molecule has 10 N–H and O–H groups in total. The van der Waals surface area contributed by atoms with Gasteiger partial charge in [0, 0.05) is 62.6 Å². The van der Waals surface area contributed by atoms with Crippen molar-refractivity contribution in [1.29, 1.82) is 0 Å². The number of nitrogens with zero attached hydrogens (tertiary/aromatic N) is 2. The first-order chi connectivity index (χ1) is 15.3. The zero-order chi connectivity index (χ0) is 23.9. The Balaban J connectivity index is 0.000000320. The van der Waals surface area contributed by atoms with Crippen LogP contribution in [0, 0.1) is 0 Å². The van der Waals surface area contributed by atoms with Crippen LogP contribution in [0.1, 0.15) is 24.2 Å². The largest absolute Gasteiger partial charge is 0.480 e.